The first kappa shape index (κ1) is 11.6. The van der Waals surface area contributed by atoms with Crippen LogP contribution in [0.5, 0.6) is 0 Å². The van der Waals surface area contributed by atoms with E-state index in [1.807, 2.05) is 0 Å². The van der Waals surface area contributed by atoms with E-state index in [-0.39, 0.29) is 5.41 Å². The Hall–Kier alpha value is -0.480. The molecule has 0 saturated heterocycles. The van der Waals surface area contributed by atoms with Crippen LogP contribution in [0.2, 0.25) is 0 Å². The van der Waals surface area contributed by atoms with Crippen LogP contribution in [0.1, 0.15) is 59.3 Å². The van der Waals surface area contributed by atoms with Gasteiger partial charge in [-0.1, -0.05) is 31.1 Å². The molecule has 0 spiro atoms. The Balaban J connectivity index is 2.45. The Labute approximate surface area is 87.9 Å². The molecule has 1 fully saturated rings. The van der Waals surface area contributed by atoms with E-state index in [0.29, 0.717) is 6.42 Å². The van der Waals surface area contributed by atoms with Crippen molar-refractivity contribution in [1.29, 1.82) is 0 Å². The van der Waals surface area contributed by atoms with E-state index in [1.165, 1.54) is 6.42 Å². The highest BCUT2D eigenvalue weighted by Gasteiger charge is 2.27. The first-order valence-electron chi connectivity index (χ1n) is 5.64. The molecule has 14 heavy (non-hydrogen) atoms. The van der Waals surface area contributed by atoms with Crippen molar-refractivity contribution < 1.29 is 5.11 Å². The maximum atomic E-state index is 10.2. The summed E-state index contributed by atoms with van der Waals surface area (Å²) in [6, 6.07) is 0. The number of rotatable bonds is 1. The second-order valence-electron chi connectivity index (χ2n) is 5.51. The zero-order valence-corrected chi connectivity index (χ0v) is 9.69. The fourth-order valence-corrected chi connectivity index (χ4v) is 1.86. The molecule has 0 heterocycles. The molecule has 0 aromatic rings. The van der Waals surface area contributed by atoms with E-state index in [9.17, 15) is 5.11 Å². The molecule has 1 N–H and O–H groups in total. The predicted molar refractivity (Wildman–Crippen MR) is 59.9 cm³/mol. The largest absolute Gasteiger partial charge is 0.389 e. The van der Waals surface area contributed by atoms with Gasteiger partial charge in [0.25, 0.3) is 0 Å². The highest BCUT2D eigenvalue weighted by Crippen LogP contribution is 2.30. The molecule has 0 radical (unpaired) electrons. The number of aliphatic hydroxyl groups is 1. The lowest BCUT2D eigenvalue weighted by atomic mass is 9.82. The van der Waals surface area contributed by atoms with Crippen LogP contribution in [-0.2, 0) is 0 Å². The van der Waals surface area contributed by atoms with Gasteiger partial charge < -0.3 is 5.11 Å². The first-order valence-corrected chi connectivity index (χ1v) is 5.64. The van der Waals surface area contributed by atoms with Crippen LogP contribution < -0.4 is 0 Å². The van der Waals surface area contributed by atoms with Gasteiger partial charge in [-0.3, -0.25) is 0 Å². The highest BCUT2D eigenvalue weighted by atomic mass is 16.3. The van der Waals surface area contributed by atoms with Gasteiger partial charge in [0.2, 0.25) is 0 Å². The summed E-state index contributed by atoms with van der Waals surface area (Å²) in [6.45, 7) is 6.31. The van der Waals surface area contributed by atoms with Gasteiger partial charge in [0.1, 0.15) is 0 Å². The van der Waals surface area contributed by atoms with Crippen LogP contribution in [0.15, 0.2) is 0 Å². The predicted octanol–water partition coefficient (Wildman–Crippen LogP) is 3.12. The van der Waals surface area contributed by atoms with Crippen molar-refractivity contribution in [2.75, 3.05) is 0 Å². The lowest BCUT2D eigenvalue weighted by molar-refractivity contribution is 0.00890. The molecule has 0 amide bonds. The second-order valence-corrected chi connectivity index (χ2v) is 5.51. The maximum absolute atomic E-state index is 10.2. The molecule has 1 saturated carbocycles. The Morgan fingerprint density at radius 1 is 1.14 bits per heavy atom. The lowest BCUT2D eigenvalue weighted by Crippen LogP contribution is -2.30. The van der Waals surface area contributed by atoms with E-state index < -0.39 is 5.60 Å². The van der Waals surface area contributed by atoms with Gasteiger partial charge in [-0.15, -0.1) is 0 Å². The van der Waals surface area contributed by atoms with Gasteiger partial charge >= 0.3 is 0 Å². The average molecular weight is 194 g/mol. The van der Waals surface area contributed by atoms with Crippen LogP contribution in [-0.4, -0.2) is 10.7 Å². The molecule has 0 aromatic heterocycles. The van der Waals surface area contributed by atoms with Crippen LogP contribution in [0.25, 0.3) is 0 Å². The molecule has 0 aliphatic heterocycles. The van der Waals surface area contributed by atoms with E-state index in [2.05, 4.69) is 32.6 Å². The second kappa shape index (κ2) is 4.36. The molecular formula is C13H22O. The third-order valence-electron chi connectivity index (χ3n) is 2.67. The fourth-order valence-electron chi connectivity index (χ4n) is 1.86. The summed E-state index contributed by atoms with van der Waals surface area (Å²) in [6.07, 6.45) is 6.12. The van der Waals surface area contributed by atoms with Crippen molar-refractivity contribution in [3.63, 3.8) is 0 Å². The summed E-state index contributed by atoms with van der Waals surface area (Å²) in [4.78, 5) is 0. The molecule has 0 aromatic carbocycles. The van der Waals surface area contributed by atoms with E-state index >= 15 is 0 Å². The zero-order valence-electron chi connectivity index (χ0n) is 9.69. The Morgan fingerprint density at radius 3 is 2.21 bits per heavy atom. The molecular weight excluding hydrogens is 172 g/mol. The minimum absolute atomic E-state index is 0.0605. The normalized spacial score (nSPS) is 21.1. The fraction of sp³-hybridized carbons (Fsp3) is 0.846. The van der Waals surface area contributed by atoms with E-state index in [1.54, 1.807) is 0 Å². The Kier molecular flexibility index (Phi) is 3.61. The summed E-state index contributed by atoms with van der Waals surface area (Å²) in [5.41, 5.74) is -0.415. The summed E-state index contributed by atoms with van der Waals surface area (Å²) in [5.74, 6) is 6.32. The third-order valence-corrected chi connectivity index (χ3v) is 2.67. The van der Waals surface area contributed by atoms with Crippen LogP contribution in [0, 0.1) is 17.3 Å². The molecule has 1 aliphatic rings. The molecule has 0 bridgehead atoms. The van der Waals surface area contributed by atoms with Gasteiger partial charge in [0.15, 0.2) is 0 Å². The minimum atomic E-state index is -0.476. The van der Waals surface area contributed by atoms with Crippen molar-refractivity contribution in [2.24, 2.45) is 5.41 Å². The van der Waals surface area contributed by atoms with E-state index in [4.69, 9.17) is 0 Å². The van der Waals surface area contributed by atoms with Crippen molar-refractivity contribution >= 4 is 0 Å². The smallest absolute Gasteiger partial charge is 0.0756 e. The highest BCUT2D eigenvalue weighted by molar-refractivity contribution is 5.10. The Morgan fingerprint density at radius 2 is 1.71 bits per heavy atom. The number of hydrogen-bond donors (Lipinski definition) is 1. The summed E-state index contributed by atoms with van der Waals surface area (Å²) < 4.78 is 0. The van der Waals surface area contributed by atoms with Gasteiger partial charge in [0.05, 0.1) is 5.60 Å². The Bertz CT molecular complexity index is 230. The van der Waals surface area contributed by atoms with Gasteiger partial charge in [0, 0.05) is 11.8 Å². The third kappa shape index (κ3) is 4.15. The van der Waals surface area contributed by atoms with Crippen molar-refractivity contribution in [3.8, 4) is 11.8 Å². The van der Waals surface area contributed by atoms with Crippen molar-refractivity contribution in [3.05, 3.63) is 0 Å². The summed E-state index contributed by atoms with van der Waals surface area (Å²) in [7, 11) is 0. The van der Waals surface area contributed by atoms with Crippen LogP contribution in [0.3, 0.4) is 0 Å². The quantitative estimate of drug-likeness (QED) is 0.636. The topological polar surface area (TPSA) is 20.2 Å². The molecule has 1 heteroatoms. The standard InChI is InChI=1S/C13H22O/c1-12(2,3)8-7-11-13(14)9-5-4-6-10-13/h14H,4-6,9-11H2,1-3H3. The molecule has 1 aliphatic carbocycles. The lowest BCUT2D eigenvalue weighted by Gasteiger charge is -2.30. The minimum Gasteiger partial charge on any atom is -0.389 e. The maximum Gasteiger partial charge on any atom is 0.0756 e. The van der Waals surface area contributed by atoms with Crippen LogP contribution >= 0.6 is 0 Å². The zero-order chi connectivity index (χ0) is 10.7. The monoisotopic (exact) mass is 194 g/mol. The summed E-state index contributed by atoms with van der Waals surface area (Å²) in [5, 5.41) is 10.2. The molecule has 0 unspecified atom stereocenters. The van der Waals surface area contributed by atoms with E-state index in [0.717, 1.165) is 25.7 Å². The van der Waals surface area contributed by atoms with Crippen LogP contribution in [0.4, 0.5) is 0 Å². The molecule has 1 rings (SSSR count). The first-order chi connectivity index (χ1) is 6.41. The molecule has 80 valence electrons. The van der Waals surface area contributed by atoms with Crippen molar-refractivity contribution in [2.45, 2.75) is 64.9 Å². The SMILES string of the molecule is CC(C)(C)C#CCC1(O)CCCCC1. The molecule has 0 atom stereocenters. The van der Waals surface area contributed by atoms with Gasteiger partial charge in [-0.25, -0.2) is 0 Å². The average Bonchev–Trinajstić information content (AvgIpc) is 2.02. The molecule has 1 nitrogen and oxygen atoms in total. The summed E-state index contributed by atoms with van der Waals surface area (Å²) >= 11 is 0. The van der Waals surface area contributed by atoms with Gasteiger partial charge in [-0.2, -0.15) is 0 Å². The van der Waals surface area contributed by atoms with Gasteiger partial charge in [-0.05, 0) is 33.6 Å². The number of hydrogen-bond acceptors (Lipinski definition) is 1. The van der Waals surface area contributed by atoms with Crippen molar-refractivity contribution in [1.82, 2.24) is 0 Å².